The molecule has 1 saturated heterocycles. The van der Waals surface area contributed by atoms with Gasteiger partial charge in [-0.2, -0.15) is 0 Å². The van der Waals surface area contributed by atoms with Crippen molar-refractivity contribution >= 4 is 5.91 Å². The van der Waals surface area contributed by atoms with Crippen molar-refractivity contribution in [1.82, 2.24) is 20.0 Å². The van der Waals surface area contributed by atoms with Gasteiger partial charge < -0.3 is 9.42 Å². The number of carbonyl (C=O) groups is 1. The fourth-order valence-electron chi connectivity index (χ4n) is 4.78. The molecule has 1 amide bonds. The number of hydrogen-bond acceptors (Lipinski definition) is 5. The molecule has 136 valence electrons. The molecule has 0 N–H and O–H groups in total. The summed E-state index contributed by atoms with van der Waals surface area (Å²) in [6, 6.07) is 10.3. The van der Waals surface area contributed by atoms with Crippen molar-refractivity contribution in [3.05, 3.63) is 77.7 Å². The van der Waals surface area contributed by atoms with Crippen LogP contribution in [0.25, 0.3) is 0 Å². The number of fused-ring (bicyclic) bond motifs is 2. The van der Waals surface area contributed by atoms with Crippen molar-refractivity contribution < 1.29 is 9.32 Å². The van der Waals surface area contributed by atoms with Crippen LogP contribution in [-0.4, -0.2) is 39.0 Å². The van der Waals surface area contributed by atoms with Crippen LogP contribution in [-0.2, 0) is 5.41 Å². The first-order valence-corrected chi connectivity index (χ1v) is 9.31. The van der Waals surface area contributed by atoms with E-state index in [1.165, 1.54) is 22.9 Å². The molecule has 0 saturated carbocycles. The van der Waals surface area contributed by atoms with E-state index in [0.717, 1.165) is 32.4 Å². The third-order valence-corrected chi connectivity index (χ3v) is 6.14. The van der Waals surface area contributed by atoms with Crippen LogP contribution in [0.2, 0.25) is 0 Å². The minimum Gasteiger partial charge on any atom is -0.351 e. The van der Waals surface area contributed by atoms with Crippen LogP contribution in [0.15, 0.2) is 59.8 Å². The molecule has 0 bridgehead atoms. The Morgan fingerprint density at radius 1 is 1.11 bits per heavy atom. The second kappa shape index (κ2) is 6.30. The van der Waals surface area contributed by atoms with Gasteiger partial charge in [0.2, 0.25) is 5.76 Å². The maximum Gasteiger partial charge on any atom is 0.292 e. The molecule has 1 atom stereocenters. The summed E-state index contributed by atoms with van der Waals surface area (Å²) in [7, 11) is 0. The normalized spacial score (nSPS) is 20.6. The quantitative estimate of drug-likeness (QED) is 0.702. The van der Waals surface area contributed by atoms with Crippen molar-refractivity contribution in [2.24, 2.45) is 0 Å². The lowest BCUT2D eigenvalue weighted by Crippen LogP contribution is -2.44. The summed E-state index contributed by atoms with van der Waals surface area (Å²) < 4.78 is 5.04. The highest BCUT2D eigenvalue weighted by atomic mass is 16.5. The molecule has 1 aliphatic heterocycles. The monoisotopic (exact) mass is 360 g/mol. The highest BCUT2D eigenvalue weighted by molar-refractivity contribution is 5.91. The Bertz CT molecular complexity index is 947. The van der Waals surface area contributed by atoms with Crippen LogP contribution in [0.5, 0.6) is 0 Å². The minimum absolute atomic E-state index is 0.0679. The fourth-order valence-corrected chi connectivity index (χ4v) is 4.78. The van der Waals surface area contributed by atoms with Crippen LogP contribution in [0.1, 0.15) is 52.4 Å². The van der Waals surface area contributed by atoms with Crippen molar-refractivity contribution in [3.63, 3.8) is 0 Å². The zero-order chi connectivity index (χ0) is 18.3. The molecule has 1 aliphatic carbocycles. The van der Waals surface area contributed by atoms with Crippen LogP contribution in [0.4, 0.5) is 0 Å². The molecule has 3 aromatic rings. The average molecular weight is 360 g/mol. The van der Waals surface area contributed by atoms with Gasteiger partial charge in [-0.3, -0.25) is 4.79 Å². The Hall–Kier alpha value is -3.02. The summed E-state index contributed by atoms with van der Waals surface area (Å²) in [6.45, 7) is 1.46. The maximum atomic E-state index is 12.6. The molecule has 5 rings (SSSR count). The number of carbonyl (C=O) groups excluding carboxylic acids is 1. The molecule has 2 aromatic heterocycles. The summed E-state index contributed by atoms with van der Waals surface area (Å²) >= 11 is 0. The maximum absolute atomic E-state index is 12.6. The van der Waals surface area contributed by atoms with E-state index < -0.39 is 0 Å². The fraction of sp³-hybridized carbons (Fsp3) is 0.333. The molecule has 27 heavy (non-hydrogen) atoms. The first-order chi connectivity index (χ1) is 13.3. The Morgan fingerprint density at radius 2 is 1.89 bits per heavy atom. The van der Waals surface area contributed by atoms with E-state index >= 15 is 0 Å². The third kappa shape index (κ3) is 2.63. The summed E-state index contributed by atoms with van der Waals surface area (Å²) in [5.41, 5.74) is 4.07. The Kier molecular flexibility index (Phi) is 3.77. The predicted molar refractivity (Wildman–Crippen MR) is 98.3 cm³/mol. The zero-order valence-electron chi connectivity index (χ0n) is 14.9. The van der Waals surface area contributed by atoms with E-state index in [-0.39, 0.29) is 11.3 Å². The molecule has 6 heteroatoms. The van der Waals surface area contributed by atoms with Crippen molar-refractivity contribution in [1.29, 1.82) is 0 Å². The number of aromatic nitrogens is 3. The van der Waals surface area contributed by atoms with E-state index in [1.54, 1.807) is 12.4 Å². The smallest absolute Gasteiger partial charge is 0.292 e. The number of hydrogen-bond donors (Lipinski definition) is 0. The molecule has 1 aromatic carbocycles. The summed E-state index contributed by atoms with van der Waals surface area (Å²) in [4.78, 5) is 22.9. The Morgan fingerprint density at radius 3 is 2.63 bits per heavy atom. The summed E-state index contributed by atoms with van der Waals surface area (Å²) in [5, 5.41) is 3.65. The minimum atomic E-state index is -0.0679. The van der Waals surface area contributed by atoms with Gasteiger partial charge in [0.1, 0.15) is 6.33 Å². The lowest BCUT2D eigenvalue weighted by atomic mass is 9.73. The molecule has 0 radical (unpaired) electrons. The van der Waals surface area contributed by atoms with Gasteiger partial charge in [-0.05, 0) is 41.4 Å². The van der Waals surface area contributed by atoms with Crippen LogP contribution in [0.3, 0.4) is 0 Å². The molecular weight excluding hydrogens is 340 g/mol. The second-order valence-corrected chi connectivity index (χ2v) is 7.46. The van der Waals surface area contributed by atoms with Crippen molar-refractivity contribution in [2.45, 2.75) is 30.6 Å². The Labute approximate surface area is 157 Å². The standard InChI is InChI=1S/C21H20N4O2/c26-20(19-5-8-24-27-19)25-9-6-21(7-10-25)11-17(15-12-22-14-23-13-15)16-3-1-2-4-18(16)21/h1-5,8,12-14,17H,6-7,9-11H2/t17-/m1/s1. The average Bonchev–Trinajstić information content (AvgIpc) is 3.37. The number of likely N-dealkylation sites (tertiary alicyclic amines) is 1. The number of amides is 1. The van der Waals surface area contributed by atoms with E-state index in [4.69, 9.17) is 4.52 Å². The van der Waals surface area contributed by atoms with Crippen molar-refractivity contribution in [3.8, 4) is 0 Å². The molecule has 3 heterocycles. The zero-order valence-corrected chi connectivity index (χ0v) is 14.9. The topological polar surface area (TPSA) is 72.1 Å². The first-order valence-electron chi connectivity index (χ1n) is 9.31. The van der Waals surface area contributed by atoms with E-state index in [9.17, 15) is 4.79 Å². The van der Waals surface area contributed by atoms with Gasteiger partial charge in [0.15, 0.2) is 0 Å². The summed E-state index contributed by atoms with van der Waals surface area (Å²) in [6.07, 6.45) is 9.89. The van der Waals surface area contributed by atoms with E-state index in [1.807, 2.05) is 17.3 Å². The van der Waals surface area contributed by atoms with Gasteiger partial charge >= 0.3 is 0 Å². The SMILES string of the molecule is O=C(c1ccno1)N1CCC2(CC1)C[C@H](c1cncnc1)c1ccccc12. The van der Waals surface area contributed by atoms with E-state index in [0.29, 0.717) is 11.7 Å². The number of benzene rings is 1. The van der Waals surface area contributed by atoms with Gasteiger partial charge in [0.25, 0.3) is 5.91 Å². The van der Waals surface area contributed by atoms with E-state index in [2.05, 4.69) is 39.4 Å². The molecule has 6 nitrogen and oxygen atoms in total. The number of rotatable bonds is 2. The molecule has 2 aliphatic rings. The largest absolute Gasteiger partial charge is 0.351 e. The first kappa shape index (κ1) is 16.2. The van der Waals surface area contributed by atoms with Gasteiger partial charge in [0.05, 0.1) is 6.20 Å². The highest BCUT2D eigenvalue weighted by Crippen LogP contribution is 2.53. The Balaban J connectivity index is 1.42. The second-order valence-electron chi connectivity index (χ2n) is 7.46. The lowest BCUT2D eigenvalue weighted by Gasteiger charge is -2.40. The van der Waals surface area contributed by atoms with Crippen LogP contribution in [0, 0.1) is 0 Å². The van der Waals surface area contributed by atoms with Gasteiger partial charge in [-0.15, -0.1) is 0 Å². The van der Waals surface area contributed by atoms with Crippen molar-refractivity contribution in [2.75, 3.05) is 13.1 Å². The predicted octanol–water partition coefficient (Wildman–Crippen LogP) is 3.17. The third-order valence-electron chi connectivity index (χ3n) is 6.14. The van der Waals surface area contributed by atoms with Crippen LogP contribution >= 0.6 is 0 Å². The highest BCUT2D eigenvalue weighted by Gasteiger charge is 2.46. The molecule has 1 fully saturated rings. The lowest BCUT2D eigenvalue weighted by molar-refractivity contribution is 0.0623. The van der Waals surface area contributed by atoms with Gasteiger partial charge in [-0.25, -0.2) is 9.97 Å². The number of piperidine rings is 1. The molecule has 1 spiro atoms. The van der Waals surface area contributed by atoms with Crippen LogP contribution < -0.4 is 0 Å². The molecule has 0 unspecified atom stereocenters. The summed E-state index contributed by atoms with van der Waals surface area (Å²) in [5.74, 6) is 0.567. The number of nitrogens with zero attached hydrogens (tertiary/aromatic N) is 4. The van der Waals surface area contributed by atoms with Gasteiger partial charge in [0, 0.05) is 37.5 Å². The van der Waals surface area contributed by atoms with Gasteiger partial charge in [-0.1, -0.05) is 29.4 Å². The molecular formula is C21H20N4O2.